The summed E-state index contributed by atoms with van der Waals surface area (Å²) >= 11 is 0. The molecule has 2 saturated heterocycles. The van der Waals surface area contributed by atoms with Crippen molar-refractivity contribution in [2.45, 2.75) is 31.9 Å². The fourth-order valence-corrected chi connectivity index (χ4v) is 3.73. The number of Topliss-reactive ketones (excluding diaryl/α,β-unsaturated/α-hetero) is 1. The summed E-state index contributed by atoms with van der Waals surface area (Å²) in [5, 5.41) is 0. The molecule has 1 aromatic rings. The first-order valence-electron chi connectivity index (χ1n) is 9.06. The van der Waals surface area contributed by atoms with Crippen LogP contribution in [0.1, 0.15) is 41.6 Å². The van der Waals surface area contributed by atoms with Crippen LogP contribution in [0.15, 0.2) is 24.3 Å². The molecule has 1 unspecified atom stereocenters. The summed E-state index contributed by atoms with van der Waals surface area (Å²) in [7, 11) is 0. The Balaban J connectivity index is 1.65. The first kappa shape index (κ1) is 18.9. The highest BCUT2D eigenvalue weighted by atomic mass is 19.4. The number of carbonyl (C=O) groups excluding carboxylic acids is 2. The Morgan fingerprint density at radius 3 is 2.50 bits per heavy atom. The van der Waals surface area contributed by atoms with E-state index in [1.807, 2.05) is 0 Å². The van der Waals surface area contributed by atoms with Crippen LogP contribution in [0.5, 0.6) is 0 Å². The second-order valence-electron chi connectivity index (χ2n) is 7.10. The maximum absolute atomic E-state index is 12.9. The summed E-state index contributed by atoms with van der Waals surface area (Å²) in [6.45, 7) is 3.11. The summed E-state index contributed by atoms with van der Waals surface area (Å²) < 4.78 is 38.6. The van der Waals surface area contributed by atoms with Crippen molar-refractivity contribution in [3.05, 3.63) is 35.4 Å². The number of ketones is 1. The normalized spacial score (nSPS) is 21.8. The molecular formula is C19H23F3N2O2. The number of carbonyl (C=O) groups is 2. The summed E-state index contributed by atoms with van der Waals surface area (Å²) in [4.78, 5) is 28.9. The van der Waals surface area contributed by atoms with E-state index in [1.165, 1.54) is 12.1 Å². The lowest BCUT2D eigenvalue weighted by molar-refractivity contribution is -0.137. The Labute approximate surface area is 151 Å². The summed E-state index contributed by atoms with van der Waals surface area (Å²) in [5.41, 5.74) is -0.750. The second-order valence-corrected chi connectivity index (χ2v) is 7.10. The SMILES string of the molecule is O=C(c1cccc(C(F)(F)F)c1)C1CCCN(C(=O)CN2CCCC2)C1. The fourth-order valence-electron chi connectivity index (χ4n) is 3.73. The zero-order valence-electron chi connectivity index (χ0n) is 14.6. The van der Waals surface area contributed by atoms with Crippen LogP contribution in [0.25, 0.3) is 0 Å². The van der Waals surface area contributed by atoms with Crippen LogP contribution < -0.4 is 0 Å². The van der Waals surface area contributed by atoms with Crippen molar-refractivity contribution < 1.29 is 22.8 Å². The lowest BCUT2D eigenvalue weighted by Gasteiger charge is -2.33. The van der Waals surface area contributed by atoms with Gasteiger partial charge in [0.2, 0.25) is 5.91 Å². The van der Waals surface area contributed by atoms with Crippen molar-refractivity contribution in [2.24, 2.45) is 5.92 Å². The first-order chi connectivity index (χ1) is 12.3. The Morgan fingerprint density at radius 1 is 1.08 bits per heavy atom. The molecule has 0 aliphatic carbocycles. The second kappa shape index (κ2) is 7.78. The van der Waals surface area contributed by atoms with Crippen LogP contribution >= 0.6 is 0 Å². The molecule has 1 amide bonds. The number of rotatable bonds is 4. The fraction of sp³-hybridized carbons (Fsp3) is 0.579. The van der Waals surface area contributed by atoms with Crippen LogP contribution in [-0.4, -0.2) is 54.2 Å². The zero-order valence-corrected chi connectivity index (χ0v) is 14.6. The molecule has 0 aromatic heterocycles. The van der Waals surface area contributed by atoms with E-state index in [2.05, 4.69) is 4.90 Å². The molecule has 2 fully saturated rings. The average molecular weight is 368 g/mol. The van der Waals surface area contributed by atoms with Crippen molar-refractivity contribution >= 4 is 11.7 Å². The van der Waals surface area contributed by atoms with E-state index in [0.717, 1.165) is 38.1 Å². The Hall–Kier alpha value is -1.89. The van der Waals surface area contributed by atoms with Gasteiger partial charge in [-0.1, -0.05) is 12.1 Å². The van der Waals surface area contributed by atoms with Crippen molar-refractivity contribution in [1.82, 2.24) is 9.80 Å². The average Bonchev–Trinajstić information content (AvgIpc) is 3.13. The molecule has 7 heteroatoms. The number of hydrogen-bond donors (Lipinski definition) is 0. The highest BCUT2D eigenvalue weighted by molar-refractivity contribution is 5.98. The minimum atomic E-state index is -4.47. The minimum absolute atomic E-state index is 0.00782. The highest BCUT2D eigenvalue weighted by Crippen LogP contribution is 2.30. The predicted molar refractivity (Wildman–Crippen MR) is 90.8 cm³/mol. The number of hydrogen-bond acceptors (Lipinski definition) is 3. The van der Waals surface area contributed by atoms with E-state index < -0.39 is 17.7 Å². The van der Waals surface area contributed by atoms with Gasteiger partial charge in [-0.25, -0.2) is 0 Å². The summed E-state index contributed by atoms with van der Waals surface area (Å²) in [6.07, 6.45) is -0.974. The molecular weight excluding hydrogens is 345 g/mol. The molecule has 142 valence electrons. The zero-order chi connectivity index (χ0) is 18.7. The number of nitrogens with zero attached hydrogens (tertiary/aromatic N) is 2. The van der Waals surface area contributed by atoms with E-state index in [0.29, 0.717) is 32.5 Å². The van der Waals surface area contributed by atoms with Gasteiger partial charge in [0.15, 0.2) is 5.78 Å². The number of alkyl halides is 3. The van der Waals surface area contributed by atoms with E-state index in [1.54, 1.807) is 4.90 Å². The standard InChI is InChI=1S/C19H23F3N2O2/c20-19(21,22)16-7-3-5-14(11-16)18(26)15-6-4-10-24(12-15)17(25)13-23-8-1-2-9-23/h3,5,7,11,15H,1-2,4,6,8-10,12-13H2. The first-order valence-corrected chi connectivity index (χ1v) is 9.06. The van der Waals surface area contributed by atoms with E-state index >= 15 is 0 Å². The third-order valence-electron chi connectivity index (χ3n) is 5.18. The topological polar surface area (TPSA) is 40.6 Å². The third-order valence-corrected chi connectivity index (χ3v) is 5.18. The molecule has 0 saturated carbocycles. The van der Waals surface area contributed by atoms with Gasteiger partial charge in [-0.2, -0.15) is 13.2 Å². The van der Waals surface area contributed by atoms with Gasteiger partial charge in [0.1, 0.15) is 0 Å². The number of piperidine rings is 1. The van der Waals surface area contributed by atoms with Crippen molar-refractivity contribution in [2.75, 3.05) is 32.7 Å². The third kappa shape index (κ3) is 4.44. The molecule has 0 N–H and O–H groups in total. The van der Waals surface area contributed by atoms with Gasteiger partial charge < -0.3 is 4.90 Å². The van der Waals surface area contributed by atoms with Gasteiger partial charge in [0.25, 0.3) is 0 Å². The van der Waals surface area contributed by atoms with Gasteiger partial charge in [-0.3, -0.25) is 14.5 Å². The Bertz CT molecular complexity index is 669. The van der Waals surface area contributed by atoms with Crippen molar-refractivity contribution in [3.63, 3.8) is 0 Å². The van der Waals surface area contributed by atoms with Crippen LogP contribution in [0.4, 0.5) is 13.2 Å². The van der Waals surface area contributed by atoms with Crippen molar-refractivity contribution in [3.8, 4) is 0 Å². The number of amides is 1. The molecule has 1 aromatic carbocycles. The van der Waals surface area contributed by atoms with Gasteiger partial charge in [0, 0.05) is 24.6 Å². The molecule has 2 heterocycles. The van der Waals surface area contributed by atoms with E-state index in [4.69, 9.17) is 0 Å². The predicted octanol–water partition coefficient (Wildman–Crippen LogP) is 3.22. The molecule has 3 rings (SSSR count). The molecule has 4 nitrogen and oxygen atoms in total. The van der Waals surface area contributed by atoms with E-state index in [9.17, 15) is 22.8 Å². The Morgan fingerprint density at radius 2 is 1.81 bits per heavy atom. The lowest BCUT2D eigenvalue weighted by atomic mass is 9.89. The minimum Gasteiger partial charge on any atom is -0.341 e. The van der Waals surface area contributed by atoms with Crippen molar-refractivity contribution in [1.29, 1.82) is 0 Å². The maximum atomic E-state index is 12.9. The number of likely N-dealkylation sites (tertiary alicyclic amines) is 2. The molecule has 0 radical (unpaired) electrons. The van der Waals surface area contributed by atoms with Gasteiger partial charge >= 0.3 is 6.18 Å². The molecule has 2 aliphatic rings. The van der Waals surface area contributed by atoms with Crippen LogP contribution in [0, 0.1) is 5.92 Å². The molecule has 1 atom stereocenters. The Kier molecular flexibility index (Phi) is 5.65. The van der Waals surface area contributed by atoms with Gasteiger partial charge in [0.05, 0.1) is 12.1 Å². The van der Waals surface area contributed by atoms with E-state index in [-0.39, 0.29) is 17.3 Å². The lowest BCUT2D eigenvalue weighted by Crippen LogP contribution is -2.46. The maximum Gasteiger partial charge on any atom is 0.416 e. The molecule has 26 heavy (non-hydrogen) atoms. The van der Waals surface area contributed by atoms with Crippen LogP contribution in [0.3, 0.4) is 0 Å². The molecule has 0 spiro atoms. The van der Waals surface area contributed by atoms with Gasteiger partial charge in [-0.15, -0.1) is 0 Å². The largest absolute Gasteiger partial charge is 0.416 e. The van der Waals surface area contributed by atoms with Gasteiger partial charge in [-0.05, 0) is 50.9 Å². The van der Waals surface area contributed by atoms with Crippen LogP contribution in [0.2, 0.25) is 0 Å². The monoisotopic (exact) mass is 368 g/mol. The van der Waals surface area contributed by atoms with Crippen LogP contribution in [-0.2, 0) is 11.0 Å². The highest BCUT2D eigenvalue weighted by Gasteiger charge is 2.33. The smallest absolute Gasteiger partial charge is 0.341 e. The molecule has 2 aliphatic heterocycles. The molecule has 0 bridgehead atoms. The number of halogens is 3. The summed E-state index contributed by atoms with van der Waals surface area (Å²) in [5.74, 6) is -0.738. The summed E-state index contributed by atoms with van der Waals surface area (Å²) in [6, 6.07) is 4.55. The quantitative estimate of drug-likeness (QED) is 0.767. The number of benzene rings is 1.